The molecular weight excluding hydrogens is 404 g/mol. The molecule has 8 heteroatoms. The van der Waals surface area contributed by atoms with Gasteiger partial charge in [-0.2, -0.15) is 0 Å². The minimum Gasteiger partial charge on any atom is -0.465 e. The van der Waals surface area contributed by atoms with Crippen molar-refractivity contribution in [1.82, 2.24) is 0 Å². The van der Waals surface area contributed by atoms with Gasteiger partial charge in [0.1, 0.15) is 10.9 Å². The number of cyclic esters (lactones) is 1. The number of anilines is 1. The van der Waals surface area contributed by atoms with Crippen LogP contribution in [0, 0.1) is 6.92 Å². The molecule has 0 unspecified atom stereocenters. The third-order valence-electron chi connectivity index (χ3n) is 4.96. The second-order valence-electron chi connectivity index (χ2n) is 7.08. The van der Waals surface area contributed by atoms with E-state index in [0.717, 1.165) is 11.1 Å². The predicted octanol–water partition coefficient (Wildman–Crippen LogP) is 3.52. The number of nitrogens with zero attached hydrogens (tertiary/aromatic N) is 2. The van der Waals surface area contributed by atoms with Gasteiger partial charge >= 0.3 is 5.97 Å². The third kappa shape index (κ3) is 3.43. The van der Waals surface area contributed by atoms with Crippen molar-refractivity contribution in [3.63, 3.8) is 0 Å². The number of esters is 1. The van der Waals surface area contributed by atoms with Crippen LogP contribution in [0.3, 0.4) is 0 Å². The molecular formula is C22H18N2O5S. The van der Waals surface area contributed by atoms with Gasteiger partial charge in [-0.25, -0.2) is 4.99 Å². The molecule has 3 aliphatic rings. The summed E-state index contributed by atoms with van der Waals surface area (Å²) in [5.41, 5.74) is 2.87. The van der Waals surface area contributed by atoms with Crippen molar-refractivity contribution < 1.29 is 23.8 Å². The van der Waals surface area contributed by atoms with Crippen molar-refractivity contribution in [3.05, 3.63) is 59.3 Å². The Kier molecular flexibility index (Phi) is 4.71. The van der Waals surface area contributed by atoms with Crippen molar-refractivity contribution in [3.8, 4) is 11.5 Å². The van der Waals surface area contributed by atoms with Crippen molar-refractivity contribution >= 4 is 40.6 Å². The summed E-state index contributed by atoms with van der Waals surface area (Å²) < 4.78 is 15.8. The Morgan fingerprint density at radius 2 is 1.87 bits per heavy atom. The molecule has 1 saturated heterocycles. The highest BCUT2D eigenvalue weighted by Gasteiger charge is 2.37. The van der Waals surface area contributed by atoms with Crippen LogP contribution in [0.4, 0.5) is 5.69 Å². The minimum absolute atomic E-state index is 0.186. The summed E-state index contributed by atoms with van der Waals surface area (Å²) in [5.74, 6) is 0.797. The number of carbonyl (C=O) groups is 2. The standard InChI is InChI=1S/C22H18N2O5S/c1-13-2-5-15(6-3-13)24-20(25)16(23-22(24)30-19-8-9-27-21(19)26)10-14-4-7-17-18(11-14)29-12-28-17/h2-7,10-11,19H,8-9,12H2,1H3/b16-10-/t19-/m0/s1. The maximum Gasteiger partial charge on any atom is 0.319 e. The molecule has 7 nitrogen and oxygen atoms in total. The second-order valence-corrected chi connectivity index (χ2v) is 8.25. The molecule has 0 spiro atoms. The first-order valence-electron chi connectivity index (χ1n) is 9.53. The number of carbonyl (C=O) groups excluding carboxylic acids is 2. The quantitative estimate of drug-likeness (QED) is 0.556. The van der Waals surface area contributed by atoms with E-state index in [1.54, 1.807) is 17.0 Å². The molecule has 0 radical (unpaired) electrons. The number of aliphatic imine (C=N–C) groups is 1. The van der Waals surface area contributed by atoms with Crippen molar-refractivity contribution in [2.75, 3.05) is 18.3 Å². The lowest BCUT2D eigenvalue weighted by Crippen LogP contribution is -2.32. The third-order valence-corrected chi connectivity index (χ3v) is 6.15. The van der Waals surface area contributed by atoms with Gasteiger partial charge < -0.3 is 14.2 Å². The van der Waals surface area contributed by atoms with E-state index in [2.05, 4.69) is 4.99 Å². The summed E-state index contributed by atoms with van der Waals surface area (Å²) in [6.07, 6.45) is 2.31. The largest absolute Gasteiger partial charge is 0.465 e. The highest BCUT2D eigenvalue weighted by Crippen LogP contribution is 2.36. The Bertz CT molecular complexity index is 1090. The van der Waals surface area contributed by atoms with Gasteiger partial charge in [0.25, 0.3) is 5.91 Å². The van der Waals surface area contributed by atoms with Crippen LogP contribution in [0.25, 0.3) is 6.08 Å². The number of rotatable bonds is 3. The summed E-state index contributed by atoms with van der Waals surface area (Å²) in [6.45, 7) is 2.56. The normalized spacial score (nSPS) is 21.4. The molecule has 2 aromatic rings. The highest BCUT2D eigenvalue weighted by molar-refractivity contribution is 8.15. The van der Waals surface area contributed by atoms with E-state index in [9.17, 15) is 9.59 Å². The topological polar surface area (TPSA) is 77.4 Å². The second kappa shape index (κ2) is 7.53. The molecule has 0 saturated carbocycles. The van der Waals surface area contributed by atoms with Gasteiger partial charge in [-0.05, 0) is 42.8 Å². The van der Waals surface area contributed by atoms with Gasteiger partial charge in [-0.1, -0.05) is 35.5 Å². The van der Waals surface area contributed by atoms with Gasteiger partial charge in [0, 0.05) is 6.42 Å². The smallest absolute Gasteiger partial charge is 0.319 e. The van der Waals surface area contributed by atoms with Crippen LogP contribution in [0.1, 0.15) is 17.5 Å². The lowest BCUT2D eigenvalue weighted by Gasteiger charge is -2.19. The van der Waals surface area contributed by atoms with Crippen molar-refractivity contribution in [2.45, 2.75) is 18.6 Å². The van der Waals surface area contributed by atoms with E-state index < -0.39 is 0 Å². The molecule has 3 aliphatic heterocycles. The van der Waals surface area contributed by atoms with Gasteiger partial charge in [-0.15, -0.1) is 0 Å². The SMILES string of the molecule is Cc1ccc(N2C(=O)/C(=C/c3ccc4c(c3)OCO4)N=C2S[C@H]2CCOC2=O)cc1. The lowest BCUT2D eigenvalue weighted by atomic mass is 10.1. The van der Waals surface area contributed by atoms with Gasteiger partial charge in [0.2, 0.25) is 6.79 Å². The average molecular weight is 422 g/mol. The number of benzene rings is 2. The Hall–Kier alpha value is -3.26. The fraction of sp³-hybridized carbons (Fsp3) is 0.227. The van der Waals surface area contributed by atoms with Crippen LogP contribution in [0.5, 0.6) is 11.5 Å². The van der Waals surface area contributed by atoms with Crippen LogP contribution < -0.4 is 14.4 Å². The first-order chi connectivity index (χ1) is 14.6. The summed E-state index contributed by atoms with van der Waals surface area (Å²) in [6, 6.07) is 13.1. The number of amidine groups is 1. The molecule has 2 aromatic carbocycles. The summed E-state index contributed by atoms with van der Waals surface area (Å²) in [7, 11) is 0. The Labute approximate surface area is 177 Å². The average Bonchev–Trinajstić information content (AvgIpc) is 3.44. The Balaban J connectivity index is 1.50. The highest BCUT2D eigenvalue weighted by atomic mass is 32.2. The molecule has 152 valence electrons. The molecule has 0 N–H and O–H groups in total. The molecule has 0 aromatic heterocycles. The van der Waals surface area contributed by atoms with Crippen molar-refractivity contribution in [1.29, 1.82) is 0 Å². The first kappa shape index (κ1) is 18.7. The number of ether oxygens (including phenoxy) is 3. The summed E-state index contributed by atoms with van der Waals surface area (Å²) >= 11 is 1.26. The van der Waals surface area contributed by atoms with Crippen LogP contribution in [-0.4, -0.2) is 35.7 Å². The Morgan fingerprint density at radius 3 is 2.63 bits per heavy atom. The van der Waals surface area contributed by atoms with E-state index >= 15 is 0 Å². The van der Waals surface area contributed by atoms with Gasteiger partial charge in [0.15, 0.2) is 16.7 Å². The predicted molar refractivity (Wildman–Crippen MR) is 114 cm³/mol. The lowest BCUT2D eigenvalue weighted by molar-refractivity contribution is -0.137. The molecule has 0 aliphatic carbocycles. The van der Waals surface area contributed by atoms with E-state index in [1.807, 2.05) is 43.3 Å². The molecule has 1 fully saturated rings. The molecule has 1 atom stereocenters. The zero-order valence-corrected chi connectivity index (χ0v) is 17.0. The zero-order chi connectivity index (χ0) is 20.7. The van der Waals surface area contributed by atoms with Gasteiger partial charge in [-0.3, -0.25) is 14.5 Å². The zero-order valence-electron chi connectivity index (χ0n) is 16.2. The number of aryl methyl sites for hydroxylation is 1. The molecule has 3 heterocycles. The first-order valence-corrected chi connectivity index (χ1v) is 10.4. The monoisotopic (exact) mass is 422 g/mol. The van der Waals surface area contributed by atoms with E-state index in [4.69, 9.17) is 14.2 Å². The number of hydrogen-bond acceptors (Lipinski definition) is 7. The summed E-state index contributed by atoms with van der Waals surface area (Å²) in [5, 5.41) is 0.106. The van der Waals surface area contributed by atoms with Crippen LogP contribution >= 0.6 is 11.8 Å². The Morgan fingerprint density at radius 1 is 1.07 bits per heavy atom. The molecule has 30 heavy (non-hydrogen) atoms. The number of amides is 1. The van der Waals surface area contributed by atoms with E-state index in [-0.39, 0.29) is 23.9 Å². The minimum atomic E-state index is -0.366. The fourth-order valence-electron chi connectivity index (χ4n) is 3.37. The number of fused-ring (bicyclic) bond motifs is 1. The van der Waals surface area contributed by atoms with Crippen LogP contribution in [0.2, 0.25) is 0 Å². The molecule has 5 rings (SSSR count). The molecule has 1 amide bonds. The maximum atomic E-state index is 13.3. The number of hydrogen-bond donors (Lipinski definition) is 0. The van der Waals surface area contributed by atoms with E-state index in [1.165, 1.54) is 11.8 Å². The molecule has 0 bridgehead atoms. The van der Waals surface area contributed by atoms with Crippen molar-refractivity contribution in [2.24, 2.45) is 4.99 Å². The van der Waals surface area contributed by atoms with Gasteiger partial charge in [0.05, 0.1) is 12.3 Å². The van der Waals surface area contributed by atoms with E-state index in [0.29, 0.717) is 41.1 Å². The maximum absolute atomic E-state index is 13.3. The van der Waals surface area contributed by atoms with Crippen LogP contribution in [-0.2, 0) is 14.3 Å². The number of thioether (sulfide) groups is 1. The van der Waals surface area contributed by atoms with Crippen LogP contribution in [0.15, 0.2) is 53.2 Å². The fourth-order valence-corrected chi connectivity index (χ4v) is 4.45. The summed E-state index contributed by atoms with van der Waals surface area (Å²) in [4.78, 5) is 31.3.